The van der Waals surface area contributed by atoms with E-state index in [0.717, 1.165) is 45.7 Å². The van der Waals surface area contributed by atoms with E-state index in [1.54, 1.807) is 24.8 Å². The topological polar surface area (TPSA) is 167 Å². The van der Waals surface area contributed by atoms with Crippen LogP contribution < -0.4 is 15.3 Å². The second-order valence-corrected chi connectivity index (χ2v) is 17.3. The molecule has 0 spiro atoms. The van der Waals surface area contributed by atoms with Gasteiger partial charge >= 0.3 is 31.4 Å². The van der Waals surface area contributed by atoms with Crippen LogP contribution in [0, 0.1) is 19.3 Å². The molecule has 5 rings (SSSR count). The van der Waals surface area contributed by atoms with Crippen molar-refractivity contribution >= 4 is 68.9 Å². The fourth-order valence-corrected chi connectivity index (χ4v) is 8.78. The van der Waals surface area contributed by atoms with Crippen molar-refractivity contribution in [3.63, 3.8) is 0 Å². The van der Waals surface area contributed by atoms with Gasteiger partial charge in [-0.1, -0.05) is 69.7 Å². The predicted molar refractivity (Wildman–Crippen MR) is 230 cm³/mol. The van der Waals surface area contributed by atoms with E-state index in [1.165, 1.54) is 0 Å². The minimum absolute atomic E-state index is 0. The standard InChI is InChI=1S/C45H59N5O6S.Zn/c1-11-29-25(5)33-20-35-27(7)31(13-14-40(52)53)42(49-35)32(19-39(51)46-16-18-57-23-45(9,10)15-17-56-24(3)4)43-41(44(54)55)28(8)36(50-43)22-38-30(12-2)26(6)34(48-38)21-37(29)47-33;/h11,20-22,24,27,31H,1,12-19,23H2,2-10H3,(H5,46,47,48,49,50,51,52,53,54,55);/q;+2/p-2/t27-,31-;/m0./s1. The molecule has 1 amide bonds. The summed E-state index contributed by atoms with van der Waals surface area (Å²) >= 11 is 1.76. The molecular formula is C45H57N5O6SZn. The van der Waals surface area contributed by atoms with Crippen LogP contribution in [0.3, 0.4) is 0 Å². The largest absolute Gasteiger partial charge is 2.00 e. The van der Waals surface area contributed by atoms with Crippen molar-refractivity contribution in [3.8, 4) is 0 Å². The van der Waals surface area contributed by atoms with Gasteiger partial charge in [0.1, 0.15) is 0 Å². The molecule has 2 aliphatic rings. The number of rotatable bonds is 17. The number of fused-ring (bicyclic) bond motifs is 8. The van der Waals surface area contributed by atoms with Gasteiger partial charge in [-0.05, 0) is 87.3 Å². The number of thioether (sulfide) groups is 1. The molecule has 2 atom stereocenters. The van der Waals surface area contributed by atoms with Gasteiger partial charge in [-0.15, -0.1) is 22.1 Å². The van der Waals surface area contributed by atoms with Crippen LogP contribution in [0.15, 0.2) is 24.8 Å². The summed E-state index contributed by atoms with van der Waals surface area (Å²) in [6.45, 7) is 23.4. The molecule has 58 heavy (non-hydrogen) atoms. The van der Waals surface area contributed by atoms with Crippen LogP contribution >= 0.6 is 11.8 Å². The second kappa shape index (κ2) is 19.8. The number of aromatic carboxylic acids is 1. The molecule has 3 aromatic heterocycles. The summed E-state index contributed by atoms with van der Waals surface area (Å²) in [7, 11) is 0. The molecule has 0 saturated carbocycles. The Kier molecular flexibility index (Phi) is 15.9. The van der Waals surface area contributed by atoms with Gasteiger partial charge in [0.2, 0.25) is 5.91 Å². The van der Waals surface area contributed by atoms with Crippen LogP contribution in [-0.2, 0) is 40.2 Å². The van der Waals surface area contributed by atoms with Crippen molar-refractivity contribution < 1.29 is 48.8 Å². The minimum Gasteiger partial charge on any atom is -0.657 e. The van der Waals surface area contributed by atoms with E-state index in [0.29, 0.717) is 64.6 Å². The van der Waals surface area contributed by atoms with Crippen LogP contribution in [0.1, 0.15) is 141 Å². The number of amides is 1. The normalized spacial score (nSPS) is 15.4. The first kappa shape index (κ1) is 46.6. The third-order valence-electron chi connectivity index (χ3n) is 11.1. The van der Waals surface area contributed by atoms with Crippen LogP contribution in [-0.4, -0.2) is 68.8 Å². The zero-order valence-electron chi connectivity index (χ0n) is 35.5. The number of carboxylic acid groups (broad SMARTS) is 2. The number of aromatic nitrogens is 4. The Labute approximate surface area is 359 Å². The van der Waals surface area contributed by atoms with Crippen molar-refractivity contribution in [2.24, 2.45) is 5.41 Å². The zero-order chi connectivity index (χ0) is 41.8. The van der Waals surface area contributed by atoms with Gasteiger partial charge in [-0.3, -0.25) is 14.6 Å². The number of nitrogens with zero attached hydrogens (tertiary/aromatic N) is 4. The maximum absolute atomic E-state index is 13.9. The SMILES string of the molecule is C=Cc1c(C)c2cc3nc(c(CC(=O)NCCSCC(C)(C)CCOC(C)C)c4[n-]c(cc5nc(cc1[n-]2)C(C)=C5CC)c(C)c4C(=O)O)[C@@H](CCC(=O)O)[C@@H]3C.[Zn+2]. The van der Waals surface area contributed by atoms with Gasteiger partial charge in [0.05, 0.1) is 23.9 Å². The Balaban J connectivity index is 0.00000744. The summed E-state index contributed by atoms with van der Waals surface area (Å²) < 4.78 is 5.75. The second-order valence-electron chi connectivity index (χ2n) is 16.2. The first-order chi connectivity index (χ1) is 27.0. The average molecular weight is 861 g/mol. The Bertz CT molecular complexity index is 2250. The molecule has 0 saturated heterocycles. The van der Waals surface area contributed by atoms with Crippen molar-refractivity contribution in [1.29, 1.82) is 0 Å². The average Bonchev–Trinajstić information content (AvgIpc) is 3.82. The summed E-state index contributed by atoms with van der Waals surface area (Å²) in [6.07, 6.45) is 3.51. The van der Waals surface area contributed by atoms with Crippen LogP contribution in [0.2, 0.25) is 0 Å². The Morgan fingerprint density at radius 3 is 2.36 bits per heavy atom. The molecule has 0 fully saturated rings. The fourth-order valence-electron chi connectivity index (χ4n) is 7.69. The molecule has 3 N–H and O–H groups in total. The van der Waals surface area contributed by atoms with Crippen LogP contribution in [0.5, 0.6) is 0 Å². The van der Waals surface area contributed by atoms with Crippen LogP contribution in [0.4, 0.5) is 0 Å². The number of hydrogen-bond acceptors (Lipinski definition) is 7. The molecule has 0 unspecified atom stereocenters. The summed E-state index contributed by atoms with van der Waals surface area (Å²) in [5, 5.41) is 23.6. The number of carbonyl (C=O) groups excluding carboxylic acids is 1. The number of nitrogens with one attached hydrogen (secondary N) is 1. The monoisotopic (exact) mass is 859 g/mol. The first-order valence-corrected chi connectivity index (χ1v) is 21.0. The van der Waals surface area contributed by atoms with Gasteiger partial charge in [0.15, 0.2) is 0 Å². The predicted octanol–water partition coefficient (Wildman–Crippen LogP) is 8.85. The maximum Gasteiger partial charge on any atom is 2.00 e. The van der Waals surface area contributed by atoms with E-state index >= 15 is 0 Å². The van der Waals surface area contributed by atoms with E-state index in [2.05, 4.69) is 32.7 Å². The number of carboxylic acids is 2. The molecule has 0 aromatic carbocycles. The third-order valence-corrected chi connectivity index (χ3v) is 12.6. The van der Waals surface area contributed by atoms with Crippen molar-refractivity contribution in [2.75, 3.05) is 24.7 Å². The van der Waals surface area contributed by atoms with Gasteiger partial charge in [-0.2, -0.15) is 11.8 Å². The molecule has 3 aromatic rings. The number of hydrogen-bond donors (Lipinski definition) is 3. The molecule has 2 aliphatic heterocycles. The smallest absolute Gasteiger partial charge is 0.657 e. The molecule has 13 heteroatoms. The number of ether oxygens (including phenoxy) is 1. The van der Waals surface area contributed by atoms with E-state index in [-0.39, 0.29) is 73.2 Å². The summed E-state index contributed by atoms with van der Waals surface area (Å²) in [4.78, 5) is 59.1. The minimum atomic E-state index is -1.18. The molecule has 306 valence electrons. The number of aryl methyl sites for hydroxylation is 2. The van der Waals surface area contributed by atoms with Gasteiger partial charge < -0.3 is 30.2 Å². The van der Waals surface area contributed by atoms with Gasteiger partial charge in [0, 0.05) is 54.1 Å². The molecule has 0 radical (unpaired) electrons. The van der Waals surface area contributed by atoms with Crippen molar-refractivity contribution in [3.05, 3.63) is 75.4 Å². The third kappa shape index (κ3) is 10.6. The zero-order valence-corrected chi connectivity index (χ0v) is 39.3. The van der Waals surface area contributed by atoms with Crippen molar-refractivity contribution in [2.45, 2.75) is 112 Å². The summed E-state index contributed by atoms with van der Waals surface area (Å²) in [5.74, 6) is -1.53. The first-order valence-electron chi connectivity index (χ1n) is 19.9. The maximum atomic E-state index is 13.9. The Morgan fingerprint density at radius 2 is 1.72 bits per heavy atom. The van der Waals surface area contributed by atoms with Crippen molar-refractivity contribution in [1.82, 2.24) is 25.3 Å². The Hall–Kier alpha value is -4.06. The van der Waals surface area contributed by atoms with E-state index in [4.69, 9.17) is 24.7 Å². The number of aliphatic carboxylic acids is 1. The van der Waals surface area contributed by atoms with E-state index < -0.39 is 17.9 Å². The van der Waals surface area contributed by atoms with E-state index in [9.17, 15) is 24.6 Å². The van der Waals surface area contributed by atoms with Crippen LogP contribution in [0.25, 0.3) is 39.3 Å². The number of allylic oxidation sites excluding steroid dienone is 2. The quantitative estimate of drug-likeness (QED) is 0.0877. The van der Waals surface area contributed by atoms with E-state index in [1.807, 2.05) is 52.8 Å². The molecular weight excluding hydrogens is 804 g/mol. The molecule has 11 nitrogen and oxygen atoms in total. The number of carbonyl (C=O) groups is 3. The Morgan fingerprint density at radius 1 is 1.03 bits per heavy atom. The summed E-state index contributed by atoms with van der Waals surface area (Å²) in [6, 6.07) is 5.69. The summed E-state index contributed by atoms with van der Waals surface area (Å²) in [5.41, 5.74) is 9.26. The van der Waals surface area contributed by atoms with Gasteiger partial charge in [0.25, 0.3) is 0 Å². The molecule has 5 heterocycles. The molecule has 0 aliphatic carbocycles. The molecule has 8 bridgehead atoms. The van der Waals surface area contributed by atoms with Gasteiger partial charge in [-0.25, -0.2) is 9.78 Å². The fraction of sp³-hybridized carbons (Fsp3) is 0.489.